The highest BCUT2D eigenvalue weighted by molar-refractivity contribution is 5.25. The lowest BCUT2D eigenvalue weighted by atomic mass is 9.90. The molecule has 0 saturated carbocycles. The lowest BCUT2D eigenvalue weighted by Gasteiger charge is -2.43. The maximum atomic E-state index is 4.02. The minimum absolute atomic E-state index is 0.120. The minimum atomic E-state index is 0.120. The van der Waals surface area contributed by atoms with Gasteiger partial charge in [-0.15, -0.1) is 0 Å². The van der Waals surface area contributed by atoms with Crippen molar-refractivity contribution in [2.24, 2.45) is 5.92 Å². The SMILES string of the molecule is [CH2]C1C=CC(C)(N2CCN(C)CC2)C=C1. The normalized spacial score (nSPS) is 38.5. The molecular weight excluding hydrogens is 184 g/mol. The second-order valence-corrected chi connectivity index (χ2v) is 4.90. The largest absolute Gasteiger partial charge is 0.304 e. The average molecular weight is 205 g/mol. The molecule has 2 heteroatoms. The van der Waals surface area contributed by atoms with E-state index in [1.807, 2.05) is 0 Å². The van der Waals surface area contributed by atoms with Gasteiger partial charge in [0.1, 0.15) is 0 Å². The van der Waals surface area contributed by atoms with Crippen LogP contribution in [0.4, 0.5) is 0 Å². The summed E-state index contributed by atoms with van der Waals surface area (Å²) in [5.74, 6) is 0.352. The maximum Gasteiger partial charge on any atom is 0.0547 e. The summed E-state index contributed by atoms with van der Waals surface area (Å²) >= 11 is 0. The second kappa shape index (κ2) is 4.11. The zero-order valence-corrected chi connectivity index (χ0v) is 9.82. The van der Waals surface area contributed by atoms with Gasteiger partial charge in [-0.05, 0) is 26.8 Å². The highest BCUT2D eigenvalue weighted by Gasteiger charge is 2.30. The molecule has 2 nitrogen and oxygen atoms in total. The molecule has 2 rings (SSSR count). The third kappa shape index (κ3) is 2.32. The number of rotatable bonds is 1. The molecule has 0 unspecified atom stereocenters. The number of likely N-dealkylation sites (N-methyl/N-ethyl adjacent to an activating group) is 1. The maximum absolute atomic E-state index is 4.02. The number of hydrogen-bond acceptors (Lipinski definition) is 2. The lowest BCUT2D eigenvalue weighted by Crippen LogP contribution is -2.53. The van der Waals surface area contributed by atoms with E-state index in [4.69, 9.17) is 0 Å². The molecule has 0 bridgehead atoms. The Bertz CT molecular complexity index is 258. The van der Waals surface area contributed by atoms with E-state index in [1.54, 1.807) is 0 Å². The molecule has 0 spiro atoms. The summed E-state index contributed by atoms with van der Waals surface area (Å²) in [6, 6.07) is 0. The molecule has 0 aromatic rings. The van der Waals surface area contributed by atoms with Gasteiger partial charge in [0, 0.05) is 26.2 Å². The third-order valence-electron chi connectivity index (χ3n) is 3.55. The van der Waals surface area contributed by atoms with Crippen molar-refractivity contribution < 1.29 is 0 Å². The quantitative estimate of drug-likeness (QED) is 0.600. The molecule has 15 heavy (non-hydrogen) atoms. The van der Waals surface area contributed by atoms with Crippen LogP contribution in [0.3, 0.4) is 0 Å². The van der Waals surface area contributed by atoms with Crippen LogP contribution in [0.1, 0.15) is 6.92 Å². The zero-order valence-electron chi connectivity index (χ0n) is 9.82. The Labute approximate surface area is 93.2 Å². The Balaban J connectivity index is 2.04. The Hall–Kier alpha value is -0.600. The summed E-state index contributed by atoms with van der Waals surface area (Å²) in [7, 11) is 2.19. The van der Waals surface area contributed by atoms with E-state index in [-0.39, 0.29) is 5.54 Å². The van der Waals surface area contributed by atoms with E-state index in [2.05, 4.69) is 55.0 Å². The second-order valence-electron chi connectivity index (χ2n) is 4.90. The monoisotopic (exact) mass is 205 g/mol. The van der Waals surface area contributed by atoms with E-state index in [1.165, 1.54) is 13.1 Å². The van der Waals surface area contributed by atoms with Crippen molar-refractivity contribution in [3.05, 3.63) is 31.2 Å². The van der Waals surface area contributed by atoms with Gasteiger partial charge in [-0.25, -0.2) is 0 Å². The minimum Gasteiger partial charge on any atom is -0.304 e. The van der Waals surface area contributed by atoms with Gasteiger partial charge in [-0.1, -0.05) is 24.3 Å². The topological polar surface area (TPSA) is 6.48 Å². The molecule has 0 aromatic heterocycles. The summed E-state index contributed by atoms with van der Waals surface area (Å²) in [6.07, 6.45) is 9.02. The van der Waals surface area contributed by atoms with E-state index in [9.17, 15) is 0 Å². The van der Waals surface area contributed by atoms with Crippen LogP contribution >= 0.6 is 0 Å². The average Bonchev–Trinajstić information content (AvgIpc) is 2.24. The van der Waals surface area contributed by atoms with Crippen molar-refractivity contribution in [3.63, 3.8) is 0 Å². The number of piperazine rings is 1. The predicted molar refractivity (Wildman–Crippen MR) is 64.6 cm³/mol. The number of hydrogen-bond donors (Lipinski definition) is 0. The van der Waals surface area contributed by atoms with E-state index in [0.717, 1.165) is 13.1 Å². The molecule has 0 N–H and O–H groups in total. The zero-order chi connectivity index (χ0) is 10.9. The fourth-order valence-corrected chi connectivity index (χ4v) is 2.26. The van der Waals surface area contributed by atoms with Gasteiger partial charge in [-0.2, -0.15) is 0 Å². The fourth-order valence-electron chi connectivity index (χ4n) is 2.26. The van der Waals surface area contributed by atoms with Crippen LogP contribution in [0.15, 0.2) is 24.3 Å². The lowest BCUT2D eigenvalue weighted by molar-refractivity contribution is 0.103. The Morgan fingerprint density at radius 1 is 1.13 bits per heavy atom. The fraction of sp³-hybridized carbons (Fsp3) is 0.615. The molecule has 1 saturated heterocycles. The molecule has 0 aromatic carbocycles. The van der Waals surface area contributed by atoms with E-state index < -0.39 is 0 Å². The van der Waals surface area contributed by atoms with Gasteiger partial charge in [-0.3, -0.25) is 4.90 Å². The van der Waals surface area contributed by atoms with Gasteiger partial charge >= 0.3 is 0 Å². The summed E-state index contributed by atoms with van der Waals surface area (Å²) in [5, 5.41) is 0. The van der Waals surface area contributed by atoms with Gasteiger partial charge in [0.05, 0.1) is 5.54 Å². The van der Waals surface area contributed by atoms with Gasteiger partial charge < -0.3 is 4.90 Å². The molecule has 0 atom stereocenters. The Morgan fingerprint density at radius 2 is 1.67 bits per heavy atom. The first-order chi connectivity index (χ1) is 7.10. The molecule has 0 amide bonds. The molecule has 1 heterocycles. The first-order valence-electron chi connectivity index (χ1n) is 5.75. The van der Waals surface area contributed by atoms with Crippen LogP contribution in [-0.2, 0) is 0 Å². The predicted octanol–water partition coefficient (Wildman–Crippen LogP) is 1.57. The Morgan fingerprint density at radius 3 is 2.20 bits per heavy atom. The molecule has 1 fully saturated rings. The molecule has 1 aliphatic heterocycles. The van der Waals surface area contributed by atoms with Crippen LogP contribution in [0.5, 0.6) is 0 Å². The van der Waals surface area contributed by atoms with Crippen LogP contribution in [-0.4, -0.2) is 48.6 Å². The number of nitrogens with zero attached hydrogens (tertiary/aromatic N) is 2. The molecule has 83 valence electrons. The van der Waals surface area contributed by atoms with E-state index in [0.29, 0.717) is 5.92 Å². The molecule has 2 aliphatic rings. The summed E-state index contributed by atoms with van der Waals surface area (Å²) in [4.78, 5) is 4.94. The molecular formula is C13H21N2. The first kappa shape index (κ1) is 10.9. The summed E-state index contributed by atoms with van der Waals surface area (Å²) < 4.78 is 0. The number of allylic oxidation sites excluding steroid dienone is 2. The van der Waals surface area contributed by atoms with Crippen LogP contribution < -0.4 is 0 Å². The Kier molecular flexibility index (Phi) is 2.98. The van der Waals surface area contributed by atoms with Gasteiger partial charge in [0.15, 0.2) is 0 Å². The van der Waals surface area contributed by atoms with Crippen molar-refractivity contribution >= 4 is 0 Å². The highest BCUT2D eigenvalue weighted by Crippen LogP contribution is 2.25. The van der Waals surface area contributed by atoms with Gasteiger partial charge in [0.25, 0.3) is 0 Å². The van der Waals surface area contributed by atoms with E-state index >= 15 is 0 Å². The highest BCUT2D eigenvalue weighted by atomic mass is 15.3. The van der Waals surface area contributed by atoms with Crippen molar-refractivity contribution in [1.29, 1.82) is 0 Å². The third-order valence-corrected chi connectivity index (χ3v) is 3.55. The van der Waals surface area contributed by atoms with Crippen LogP contribution in [0.2, 0.25) is 0 Å². The smallest absolute Gasteiger partial charge is 0.0547 e. The summed E-state index contributed by atoms with van der Waals surface area (Å²) in [6.45, 7) is 11.0. The van der Waals surface area contributed by atoms with Crippen molar-refractivity contribution in [2.45, 2.75) is 12.5 Å². The van der Waals surface area contributed by atoms with Crippen molar-refractivity contribution in [2.75, 3.05) is 33.2 Å². The molecule has 1 radical (unpaired) electrons. The first-order valence-corrected chi connectivity index (χ1v) is 5.75. The van der Waals surface area contributed by atoms with Gasteiger partial charge in [0.2, 0.25) is 0 Å². The summed E-state index contributed by atoms with van der Waals surface area (Å²) in [5.41, 5.74) is 0.120. The molecule has 1 aliphatic carbocycles. The van der Waals surface area contributed by atoms with Crippen molar-refractivity contribution in [1.82, 2.24) is 9.80 Å². The van der Waals surface area contributed by atoms with Crippen LogP contribution in [0.25, 0.3) is 0 Å². The standard InChI is InChI=1S/C13H21N2/c1-12-4-6-13(2,7-5-12)15-10-8-14(3)9-11-15/h4-7,12H,1,8-11H2,2-3H3. The van der Waals surface area contributed by atoms with Crippen molar-refractivity contribution in [3.8, 4) is 0 Å². The van der Waals surface area contributed by atoms with Crippen LogP contribution in [0, 0.1) is 12.8 Å².